The minimum Gasteiger partial charge on any atom is -0.307 e. The molecule has 0 bridgehead atoms. The van der Waals surface area contributed by atoms with Crippen LogP contribution in [-0.2, 0) is 6.42 Å². The molecule has 0 amide bonds. The maximum Gasteiger partial charge on any atom is 0.326 e. The number of nitrogens with one attached hydrogen (secondary N) is 2. The first kappa shape index (κ1) is 12.1. The Morgan fingerprint density at radius 3 is 2.44 bits per heavy atom. The van der Waals surface area contributed by atoms with Crippen LogP contribution < -0.4 is 11.2 Å². The summed E-state index contributed by atoms with van der Waals surface area (Å²) >= 11 is 0. The summed E-state index contributed by atoms with van der Waals surface area (Å²) in [6.07, 6.45) is 0.535. The molecule has 0 aliphatic carbocycles. The zero-order valence-electron chi connectivity index (χ0n) is 10.1. The van der Waals surface area contributed by atoms with Crippen molar-refractivity contribution in [1.82, 2.24) is 9.97 Å². The Morgan fingerprint density at radius 1 is 1.17 bits per heavy atom. The average molecular weight is 242 g/mol. The molecule has 1 aromatic heterocycles. The summed E-state index contributed by atoms with van der Waals surface area (Å²) in [5.74, 6) is 0. The van der Waals surface area contributed by atoms with Crippen LogP contribution in [0.2, 0.25) is 0 Å². The van der Waals surface area contributed by atoms with Crippen molar-refractivity contribution in [2.45, 2.75) is 13.3 Å². The molecule has 0 saturated carbocycles. The Kier molecular flexibility index (Phi) is 3.28. The van der Waals surface area contributed by atoms with E-state index in [1.165, 1.54) is 0 Å². The van der Waals surface area contributed by atoms with Crippen molar-refractivity contribution < 1.29 is 0 Å². The van der Waals surface area contributed by atoms with E-state index in [0.717, 1.165) is 5.56 Å². The third kappa shape index (κ3) is 2.18. The molecule has 0 spiro atoms. The highest BCUT2D eigenvalue weighted by Gasteiger charge is 2.11. The molecule has 0 aliphatic rings. The summed E-state index contributed by atoms with van der Waals surface area (Å²) in [6.45, 7) is 5.83. The van der Waals surface area contributed by atoms with E-state index < -0.39 is 5.69 Å². The number of hydrogen-bond acceptors (Lipinski definition) is 2. The summed E-state index contributed by atoms with van der Waals surface area (Å²) in [5, 5.41) is 0. The van der Waals surface area contributed by atoms with Gasteiger partial charge in [-0.2, -0.15) is 0 Å². The van der Waals surface area contributed by atoms with Crippen molar-refractivity contribution in [3.63, 3.8) is 0 Å². The van der Waals surface area contributed by atoms with Gasteiger partial charge in [0.25, 0.3) is 5.56 Å². The molecule has 2 N–H and O–H groups in total. The second kappa shape index (κ2) is 4.87. The smallest absolute Gasteiger partial charge is 0.307 e. The van der Waals surface area contributed by atoms with Crippen molar-refractivity contribution in [1.29, 1.82) is 0 Å². The summed E-state index contributed by atoms with van der Waals surface area (Å²) in [7, 11) is 0. The van der Waals surface area contributed by atoms with Gasteiger partial charge in [-0.1, -0.05) is 43.8 Å². The highest BCUT2D eigenvalue weighted by atomic mass is 16.2. The van der Waals surface area contributed by atoms with Crippen molar-refractivity contribution in [2.24, 2.45) is 0 Å². The van der Waals surface area contributed by atoms with Crippen molar-refractivity contribution in [3.8, 4) is 0 Å². The van der Waals surface area contributed by atoms with Gasteiger partial charge in [0.05, 0.1) is 5.69 Å². The zero-order valence-corrected chi connectivity index (χ0v) is 10.1. The second-order valence-electron chi connectivity index (χ2n) is 3.96. The van der Waals surface area contributed by atoms with E-state index in [2.05, 4.69) is 16.5 Å². The van der Waals surface area contributed by atoms with E-state index in [0.29, 0.717) is 23.3 Å². The van der Waals surface area contributed by atoms with Gasteiger partial charge in [0.2, 0.25) is 0 Å². The van der Waals surface area contributed by atoms with Crippen LogP contribution in [0, 0.1) is 0 Å². The standard InChI is InChI=1S/C14H14N2O2/c1-3-11-12(15-14(18)16-13(11)17)9(2)10-7-5-4-6-8-10/h4-8H,2-3H2,1H3,(H2,15,16,17,18). The molecule has 0 fully saturated rings. The van der Waals surface area contributed by atoms with Gasteiger partial charge in [0.15, 0.2) is 0 Å². The van der Waals surface area contributed by atoms with E-state index in [1.54, 1.807) is 0 Å². The lowest BCUT2D eigenvalue weighted by atomic mass is 10.00. The molecule has 0 aliphatic heterocycles. The molecule has 1 aromatic carbocycles. The molecule has 1 heterocycles. The Bertz CT molecular complexity index is 681. The molecule has 2 aromatic rings. The Labute approximate surface area is 104 Å². The van der Waals surface area contributed by atoms with Gasteiger partial charge >= 0.3 is 5.69 Å². The molecule has 18 heavy (non-hydrogen) atoms. The van der Waals surface area contributed by atoms with Crippen LogP contribution in [0.15, 0.2) is 46.5 Å². The summed E-state index contributed by atoms with van der Waals surface area (Å²) in [4.78, 5) is 28.0. The topological polar surface area (TPSA) is 65.7 Å². The lowest BCUT2D eigenvalue weighted by Gasteiger charge is -2.09. The van der Waals surface area contributed by atoms with Gasteiger partial charge < -0.3 is 4.98 Å². The molecule has 2 rings (SSSR count). The molecule has 4 heteroatoms. The average Bonchev–Trinajstić information content (AvgIpc) is 2.38. The highest BCUT2D eigenvalue weighted by Crippen LogP contribution is 2.20. The first-order chi connectivity index (χ1) is 8.63. The first-order valence-corrected chi connectivity index (χ1v) is 5.73. The van der Waals surface area contributed by atoms with E-state index in [1.807, 2.05) is 37.3 Å². The number of aromatic nitrogens is 2. The quantitative estimate of drug-likeness (QED) is 0.860. The monoisotopic (exact) mass is 242 g/mol. The summed E-state index contributed by atoms with van der Waals surface area (Å²) in [6, 6.07) is 9.45. The molecular formula is C14H14N2O2. The minimum atomic E-state index is -0.510. The van der Waals surface area contributed by atoms with Gasteiger partial charge in [0, 0.05) is 5.56 Å². The van der Waals surface area contributed by atoms with Gasteiger partial charge in [-0.15, -0.1) is 0 Å². The van der Waals surface area contributed by atoms with Crippen LogP contribution in [0.5, 0.6) is 0 Å². The van der Waals surface area contributed by atoms with E-state index >= 15 is 0 Å². The molecule has 0 saturated heterocycles. The fourth-order valence-electron chi connectivity index (χ4n) is 1.89. The zero-order chi connectivity index (χ0) is 13.1. The van der Waals surface area contributed by atoms with Gasteiger partial charge in [-0.05, 0) is 17.6 Å². The fourth-order valence-corrected chi connectivity index (χ4v) is 1.89. The molecule has 0 atom stereocenters. The number of benzene rings is 1. The lowest BCUT2D eigenvalue weighted by molar-refractivity contribution is 0.945. The SMILES string of the molecule is C=C(c1ccccc1)c1[nH]c(=O)[nH]c(=O)c1CC. The minimum absolute atomic E-state index is 0.353. The maximum absolute atomic E-state index is 11.7. The largest absolute Gasteiger partial charge is 0.326 e. The molecule has 0 radical (unpaired) electrons. The van der Waals surface area contributed by atoms with Crippen LogP contribution in [0.4, 0.5) is 0 Å². The number of rotatable bonds is 3. The second-order valence-corrected chi connectivity index (χ2v) is 3.96. The van der Waals surface area contributed by atoms with Gasteiger partial charge in [0.1, 0.15) is 0 Å². The van der Waals surface area contributed by atoms with Crippen molar-refractivity contribution in [3.05, 3.63) is 74.6 Å². The predicted octanol–water partition coefficient (Wildman–Crippen LogP) is 1.69. The van der Waals surface area contributed by atoms with Gasteiger partial charge in [-0.25, -0.2) is 4.79 Å². The molecule has 0 unspecified atom stereocenters. The molecular weight excluding hydrogens is 228 g/mol. The van der Waals surface area contributed by atoms with Gasteiger partial charge in [-0.3, -0.25) is 9.78 Å². The Hall–Kier alpha value is -2.36. The fraction of sp³-hybridized carbons (Fsp3) is 0.143. The van der Waals surface area contributed by atoms with Crippen LogP contribution in [-0.4, -0.2) is 9.97 Å². The van der Waals surface area contributed by atoms with Crippen molar-refractivity contribution >= 4 is 5.57 Å². The maximum atomic E-state index is 11.7. The van der Waals surface area contributed by atoms with Crippen LogP contribution in [0.3, 0.4) is 0 Å². The predicted molar refractivity (Wildman–Crippen MR) is 71.6 cm³/mol. The lowest BCUT2D eigenvalue weighted by Crippen LogP contribution is -2.27. The molecule has 92 valence electrons. The Balaban J connectivity index is 2.62. The van der Waals surface area contributed by atoms with Crippen LogP contribution >= 0.6 is 0 Å². The van der Waals surface area contributed by atoms with Crippen LogP contribution in [0.1, 0.15) is 23.7 Å². The van der Waals surface area contributed by atoms with Crippen molar-refractivity contribution in [2.75, 3.05) is 0 Å². The summed E-state index contributed by atoms with van der Waals surface area (Å²) < 4.78 is 0. The Morgan fingerprint density at radius 2 is 1.83 bits per heavy atom. The first-order valence-electron chi connectivity index (χ1n) is 5.73. The van der Waals surface area contributed by atoms with E-state index in [-0.39, 0.29) is 5.56 Å². The number of hydrogen-bond donors (Lipinski definition) is 2. The van der Waals surface area contributed by atoms with E-state index in [9.17, 15) is 9.59 Å². The normalized spacial score (nSPS) is 10.3. The molecule has 4 nitrogen and oxygen atoms in total. The third-order valence-electron chi connectivity index (χ3n) is 2.82. The number of H-pyrrole nitrogens is 2. The third-order valence-corrected chi connectivity index (χ3v) is 2.82. The highest BCUT2D eigenvalue weighted by molar-refractivity contribution is 5.77. The summed E-state index contributed by atoms with van der Waals surface area (Å²) in [5.41, 5.74) is 1.72. The van der Waals surface area contributed by atoms with Crippen LogP contribution in [0.25, 0.3) is 5.57 Å². The number of aromatic amines is 2. The van der Waals surface area contributed by atoms with E-state index in [4.69, 9.17) is 0 Å².